The number of imide groups is 1. The maximum Gasteiger partial charge on any atom is 0.261 e. The second kappa shape index (κ2) is 7.85. The molecule has 3 rings (SSSR count). The van der Waals surface area contributed by atoms with Crippen LogP contribution in [0.15, 0.2) is 42.5 Å². The van der Waals surface area contributed by atoms with E-state index in [1.807, 2.05) is 32.0 Å². The first-order chi connectivity index (χ1) is 13.2. The third kappa shape index (κ3) is 4.00. The minimum Gasteiger partial charge on any atom is -0.271 e. The molecule has 2 aromatic carbocycles. The molecule has 1 atom stereocenters. The van der Waals surface area contributed by atoms with Gasteiger partial charge in [0.1, 0.15) is 0 Å². The highest BCUT2D eigenvalue weighted by atomic mass is 32.2. The monoisotopic (exact) mass is 400 g/mol. The topological polar surface area (TPSA) is 83.6 Å². The van der Waals surface area contributed by atoms with E-state index in [-0.39, 0.29) is 24.1 Å². The zero-order chi connectivity index (χ0) is 20.5. The largest absolute Gasteiger partial charge is 0.271 e. The second-order valence-corrected chi connectivity index (χ2v) is 8.99. The molecule has 7 heteroatoms. The Bertz CT molecular complexity index is 975. The van der Waals surface area contributed by atoms with E-state index in [4.69, 9.17) is 0 Å². The van der Waals surface area contributed by atoms with Gasteiger partial charge in [-0.15, -0.1) is 0 Å². The minimum atomic E-state index is -3.52. The summed E-state index contributed by atoms with van der Waals surface area (Å²) in [5.41, 5.74) is 3.46. The zero-order valence-corrected chi connectivity index (χ0v) is 17.0. The molecule has 6 nitrogen and oxygen atoms in total. The summed E-state index contributed by atoms with van der Waals surface area (Å²) < 4.78 is 27.5. The Hall–Kier alpha value is -2.51. The number of aryl methyl sites for hydroxylation is 2. The average Bonchev–Trinajstić information content (AvgIpc) is 2.89. The highest BCUT2D eigenvalue weighted by Gasteiger charge is 2.37. The highest BCUT2D eigenvalue weighted by Crippen LogP contribution is 2.25. The molecule has 0 saturated heterocycles. The van der Waals surface area contributed by atoms with Crippen LogP contribution in [0.5, 0.6) is 0 Å². The van der Waals surface area contributed by atoms with Gasteiger partial charge in [-0.25, -0.2) is 13.1 Å². The van der Waals surface area contributed by atoms with Gasteiger partial charge < -0.3 is 0 Å². The number of hydrogen-bond acceptors (Lipinski definition) is 4. The smallest absolute Gasteiger partial charge is 0.261 e. The van der Waals surface area contributed by atoms with Crippen molar-refractivity contribution in [1.29, 1.82) is 0 Å². The van der Waals surface area contributed by atoms with E-state index < -0.39 is 16.1 Å². The van der Waals surface area contributed by atoms with Crippen LogP contribution in [0.1, 0.15) is 50.8 Å². The van der Waals surface area contributed by atoms with Crippen molar-refractivity contribution in [3.63, 3.8) is 0 Å². The molecule has 2 aromatic rings. The zero-order valence-electron chi connectivity index (χ0n) is 16.2. The van der Waals surface area contributed by atoms with Gasteiger partial charge in [0.05, 0.1) is 16.9 Å². The van der Waals surface area contributed by atoms with Crippen LogP contribution < -0.4 is 4.72 Å². The lowest BCUT2D eigenvalue weighted by molar-refractivity contribution is 0.0591. The number of hydrogen-bond donors (Lipinski definition) is 1. The molecule has 0 aliphatic carbocycles. The molecule has 0 aromatic heterocycles. The van der Waals surface area contributed by atoms with Gasteiger partial charge in [-0.2, -0.15) is 0 Å². The fourth-order valence-corrected chi connectivity index (χ4v) is 4.84. The van der Waals surface area contributed by atoms with Gasteiger partial charge in [0.15, 0.2) is 0 Å². The van der Waals surface area contributed by atoms with Crippen molar-refractivity contribution < 1.29 is 18.0 Å². The van der Waals surface area contributed by atoms with Crippen LogP contribution in [0.25, 0.3) is 0 Å². The van der Waals surface area contributed by atoms with Crippen LogP contribution in [0.3, 0.4) is 0 Å². The number of sulfonamides is 1. The Morgan fingerprint density at radius 3 is 2.00 bits per heavy atom. The standard InChI is InChI=1S/C21H24N2O4S/c1-14-7-6-8-15(2)19(14)13-28(26,27)22-12-11-16(3)23-20(24)17-9-4-5-10-18(17)21(23)25/h4-10,16,22H,11-13H2,1-3H3. The van der Waals surface area contributed by atoms with E-state index in [1.165, 1.54) is 4.90 Å². The summed E-state index contributed by atoms with van der Waals surface area (Å²) in [6.07, 6.45) is 0.345. The number of carbonyl (C=O) groups excluding carboxylic acids is 2. The number of fused-ring (bicyclic) bond motifs is 1. The predicted molar refractivity (Wildman–Crippen MR) is 108 cm³/mol. The molecule has 1 aliphatic heterocycles. The summed E-state index contributed by atoms with van der Waals surface area (Å²) in [5.74, 6) is -0.745. The Morgan fingerprint density at radius 2 is 1.46 bits per heavy atom. The van der Waals surface area contributed by atoms with E-state index in [2.05, 4.69) is 4.72 Å². The number of rotatable bonds is 7. The highest BCUT2D eigenvalue weighted by molar-refractivity contribution is 7.88. The third-order valence-electron chi connectivity index (χ3n) is 5.13. The third-order valence-corrected chi connectivity index (χ3v) is 6.44. The summed E-state index contributed by atoms with van der Waals surface area (Å²) >= 11 is 0. The predicted octanol–water partition coefficient (Wildman–Crippen LogP) is 2.80. The number of amides is 2. The molecular formula is C21H24N2O4S. The summed E-state index contributed by atoms with van der Waals surface area (Å²) in [7, 11) is -3.52. The number of nitrogens with zero attached hydrogens (tertiary/aromatic N) is 1. The SMILES string of the molecule is Cc1cccc(C)c1CS(=O)(=O)NCCC(C)N1C(=O)c2ccccc2C1=O. The Labute approximate surface area is 165 Å². The molecule has 1 heterocycles. The molecule has 0 bridgehead atoms. The molecule has 1 aliphatic rings. The quantitative estimate of drug-likeness (QED) is 0.725. The van der Waals surface area contributed by atoms with Crippen molar-refractivity contribution in [2.24, 2.45) is 0 Å². The van der Waals surface area contributed by atoms with Crippen molar-refractivity contribution in [1.82, 2.24) is 9.62 Å². The first-order valence-electron chi connectivity index (χ1n) is 9.20. The molecule has 0 radical (unpaired) electrons. The fraction of sp³-hybridized carbons (Fsp3) is 0.333. The van der Waals surface area contributed by atoms with Gasteiger partial charge in [-0.3, -0.25) is 14.5 Å². The molecule has 0 saturated carbocycles. The maximum absolute atomic E-state index is 12.5. The lowest BCUT2D eigenvalue weighted by Gasteiger charge is -2.22. The normalized spacial score (nSPS) is 15.0. The van der Waals surface area contributed by atoms with Gasteiger partial charge in [-0.1, -0.05) is 30.3 Å². The fourth-order valence-electron chi connectivity index (χ4n) is 3.48. The van der Waals surface area contributed by atoms with E-state index in [0.29, 0.717) is 17.5 Å². The first kappa shape index (κ1) is 20.2. The maximum atomic E-state index is 12.5. The van der Waals surface area contributed by atoms with Gasteiger partial charge in [0.2, 0.25) is 10.0 Å². The van der Waals surface area contributed by atoms with Crippen molar-refractivity contribution >= 4 is 21.8 Å². The van der Waals surface area contributed by atoms with Crippen molar-refractivity contribution in [3.05, 3.63) is 70.3 Å². The molecular weight excluding hydrogens is 376 g/mol. The first-order valence-corrected chi connectivity index (χ1v) is 10.9. The van der Waals surface area contributed by atoms with Crippen LogP contribution >= 0.6 is 0 Å². The second-order valence-electron chi connectivity index (χ2n) is 7.19. The van der Waals surface area contributed by atoms with Crippen molar-refractivity contribution in [2.75, 3.05) is 6.54 Å². The van der Waals surface area contributed by atoms with Crippen LogP contribution in [0.2, 0.25) is 0 Å². The Balaban J connectivity index is 1.60. The minimum absolute atomic E-state index is 0.0904. The van der Waals surface area contributed by atoms with E-state index >= 15 is 0 Å². The van der Waals surface area contributed by atoms with Crippen molar-refractivity contribution in [3.8, 4) is 0 Å². The summed E-state index contributed by atoms with van der Waals surface area (Å²) in [5, 5.41) is 0. The molecule has 0 spiro atoms. The molecule has 0 fully saturated rings. The lowest BCUT2D eigenvalue weighted by Crippen LogP contribution is -2.40. The number of nitrogens with one attached hydrogen (secondary N) is 1. The van der Waals surface area contributed by atoms with E-state index in [9.17, 15) is 18.0 Å². The lowest BCUT2D eigenvalue weighted by atomic mass is 10.1. The van der Waals surface area contributed by atoms with Crippen LogP contribution in [0.4, 0.5) is 0 Å². The molecule has 1 N–H and O–H groups in total. The van der Waals surface area contributed by atoms with Gasteiger partial charge in [0, 0.05) is 12.6 Å². The van der Waals surface area contributed by atoms with Crippen LogP contribution in [0, 0.1) is 13.8 Å². The summed E-state index contributed by atoms with van der Waals surface area (Å²) in [4.78, 5) is 26.2. The Kier molecular flexibility index (Phi) is 5.67. The van der Waals surface area contributed by atoms with Gasteiger partial charge in [0.25, 0.3) is 11.8 Å². The summed E-state index contributed by atoms with van der Waals surface area (Å²) in [6.45, 7) is 5.69. The van der Waals surface area contributed by atoms with E-state index in [0.717, 1.165) is 16.7 Å². The average molecular weight is 401 g/mol. The van der Waals surface area contributed by atoms with Gasteiger partial charge >= 0.3 is 0 Å². The van der Waals surface area contributed by atoms with E-state index in [1.54, 1.807) is 31.2 Å². The molecule has 148 valence electrons. The van der Waals surface area contributed by atoms with Crippen LogP contribution in [-0.2, 0) is 15.8 Å². The molecule has 2 amide bonds. The Morgan fingerprint density at radius 1 is 0.929 bits per heavy atom. The number of carbonyl (C=O) groups is 2. The molecule has 28 heavy (non-hydrogen) atoms. The van der Waals surface area contributed by atoms with Gasteiger partial charge in [-0.05, 0) is 56.0 Å². The molecule has 1 unspecified atom stereocenters. The van der Waals surface area contributed by atoms with Crippen molar-refractivity contribution in [2.45, 2.75) is 39.0 Å². The summed E-state index contributed by atoms with van der Waals surface area (Å²) in [6, 6.07) is 12.0. The number of benzene rings is 2. The van der Waals surface area contributed by atoms with Crippen LogP contribution in [-0.4, -0.2) is 37.7 Å².